The van der Waals surface area contributed by atoms with Crippen LogP contribution in [0, 0.1) is 11.7 Å². The Morgan fingerprint density at radius 3 is 2.79 bits per heavy atom. The Morgan fingerprint density at radius 2 is 2.08 bits per heavy atom. The van der Waals surface area contributed by atoms with E-state index in [0.717, 1.165) is 23.5 Å². The predicted octanol–water partition coefficient (Wildman–Crippen LogP) is 2.59. The van der Waals surface area contributed by atoms with Crippen molar-refractivity contribution in [2.24, 2.45) is 11.1 Å². The van der Waals surface area contributed by atoms with Crippen LogP contribution in [0.3, 0.4) is 0 Å². The zero-order valence-electron chi connectivity index (χ0n) is 13.3. The third kappa shape index (κ3) is 2.11. The number of halogens is 1. The van der Waals surface area contributed by atoms with E-state index in [9.17, 15) is 14.0 Å². The zero-order valence-corrected chi connectivity index (χ0v) is 13.3. The number of urea groups is 1. The van der Waals surface area contributed by atoms with Gasteiger partial charge in [-0.15, -0.1) is 0 Å². The highest BCUT2D eigenvalue weighted by atomic mass is 19.1. The number of imide groups is 1. The number of rotatable bonds is 3. The summed E-state index contributed by atoms with van der Waals surface area (Å²) >= 11 is 0. The van der Waals surface area contributed by atoms with Gasteiger partial charge in [0.15, 0.2) is 0 Å². The lowest BCUT2D eigenvalue weighted by Gasteiger charge is -2.21. The molecule has 0 bridgehead atoms. The molecule has 4 rings (SSSR count). The second-order valence-electron chi connectivity index (χ2n) is 6.62. The fourth-order valence-corrected chi connectivity index (χ4v) is 3.93. The van der Waals surface area contributed by atoms with Gasteiger partial charge in [0.25, 0.3) is 5.91 Å². The molecule has 7 heteroatoms. The molecule has 1 aromatic rings. The van der Waals surface area contributed by atoms with Crippen molar-refractivity contribution in [3.8, 4) is 0 Å². The van der Waals surface area contributed by atoms with Gasteiger partial charge in [0.05, 0.1) is 11.4 Å². The minimum Gasteiger partial charge on any atom is -0.392 e. The fourth-order valence-electron chi connectivity index (χ4n) is 3.93. The Hall–Kier alpha value is -2.44. The number of carbonyl (C=O) groups excluding carboxylic acids is 2. The number of anilines is 1. The third-order valence-electron chi connectivity index (χ3n) is 5.05. The maximum Gasteiger partial charge on any atom is 0.329 e. The van der Waals surface area contributed by atoms with Crippen LogP contribution < -0.4 is 10.2 Å². The lowest BCUT2D eigenvalue weighted by molar-refractivity contribution is -0.122. The highest BCUT2D eigenvalue weighted by molar-refractivity contribution is 6.23. The van der Waals surface area contributed by atoms with Crippen LogP contribution in [0.25, 0.3) is 0 Å². The number of nitrogens with zero attached hydrogens (tertiary/aromatic N) is 2. The average molecular weight is 331 g/mol. The quantitative estimate of drug-likeness (QED) is 0.866. The van der Waals surface area contributed by atoms with Crippen molar-refractivity contribution < 1.29 is 18.8 Å². The molecular weight excluding hydrogens is 313 g/mol. The van der Waals surface area contributed by atoms with E-state index in [1.165, 1.54) is 24.3 Å². The topological polar surface area (TPSA) is 71.0 Å². The molecule has 1 aliphatic carbocycles. The van der Waals surface area contributed by atoms with Gasteiger partial charge in [0.2, 0.25) is 0 Å². The molecule has 2 fully saturated rings. The number of amides is 3. The van der Waals surface area contributed by atoms with Crippen LogP contribution in [0.15, 0.2) is 29.4 Å². The molecular formula is C17H18FN3O3. The van der Waals surface area contributed by atoms with E-state index >= 15 is 0 Å². The molecule has 3 atom stereocenters. The summed E-state index contributed by atoms with van der Waals surface area (Å²) in [6.07, 6.45) is 2.54. The Labute approximate surface area is 138 Å². The normalized spacial score (nSPS) is 31.2. The molecule has 126 valence electrons. The van der Waals surface area contributed by atoms with Crippen molar-refractivity contribution in [1.82, 2.24) is 5.32 Å². The molecule has 3 aliphatic rings. The minimum absolute atomic E-state index is 0.0716. The number of fused-ring (bicyclic) bond motifs is 1. The van der Waals surface area contributed by atoms with Crippen molar-refractivity contribution >= 4 is 23.3 Å². The number of oxime groups is 1. The van der Waals surface area contributed by atoms with Crippen LogP contribution in [0.5, 0.6) is 0 Å². The number of carbonyl (C=O) groups is 2. The summed E-state index contributed by atoms with van der Waals surface area (Å²) in [5.41, 5.74) is 0.397. The van der Waals surface area contributed by atoms with E-state index in [2.05, 4.69) is 17.4 Å². The first-order chi connectivity index (χ1) is 11.5. The number of benzene rings is 1. The zero-order chi connectivity index (χ0) is 16.9. The van der Waals surface area contributed by atoms with E-state index in [1.807, 2.05) is 0 Å². The predicted molar refractivity (Wildman–Crippen MR) is 85.1 cm³/mol. The van der Waals surface area contributed by atoms with Gasteiger partial charge in [-0.05, 0) is 37.1 Å². The highest BCUT2D eigenvalue weighted by Crippen LogP contribution is 2.45. The van der Waals surface area contributed by atoms with Gasteiger partial charge >= 0.3 is 6.03 Å². The van der Waals surface area contributed by atoms with Crippen LogP contribution in [-0.2, 0) is 9.63 Å². The van der Waals surface area contributed by atoms with Crippen LogP contribution in [0.4, 0.5) is 14.9 Å². The second-order valence-corrected chi connectivity index (χ2v) is 6.62. The summed E-state index contributed by atoms with van der Waals surface area (Å²) in [6, 6.07) is 4.86. The van der Waals surface area contributed by atoms with Gasteiger partial charge in [0, 0.05) is 12.3 Å². The molecule has 0 radical (unpaired) electrons. The van der Waals surface area contributed by atoms with Crippen molar-refractivity contribution in [2.45, 2.75) is 44.2 Å². The first-order valence-electron chi connectivity index (χ1n) is 8.19. The molecule has 1 spiro atoms. The lowest BCUT2D eigenvalue weighted by Crippen LogP contribution is -2.45. The molecule has 0 aromatic heterocycles. The summed E-state index contributed by atoms with van der Waals surface area (Å²) in [4.78, 5) is 31.9. The lowest BCUT2D eigenvalue weighted by atomic mass is 9.92. The minimum atomic E-state index is -0.949. The Balaban J connectivity index is 1.60. The van der Waals surface area contributed by atoms with Gasteiger partial charge in [-0.1, -0.05) is 18.5 Å². The molecule has 6 nitrogen and oxygen atoms in total. The summed E-state index contributed by atoms with van der Waals surface area (Å²) in [7, 11) is 0. The SMILES string of the molecule is CCCC1=NO[C@H]2C[C@]3(C[C@@H]12)NC(=O)N(c1ccc(F)cc1)C3=O. The fraction of sp³-hybridized carbons (Fsp3) is 0.471. The molecule has 2 aliphatic heterocycles. The number of hydrogen-bond acceptors (Lipinski definition) is 4. The molecule has 3 amide bonds. The maximum atomic E-state index is 13.1. The molecule has 1 saturated heterocycles. The van der Waals surface area contributed by atoms with E-state index in [1.54, 1.807) is 0 Å². The van der Waals surface area contributed by atoms with Gasteiger partial charge in [0.1, 0.15) is 17.5 Å². The average Bonchev–Trinajstić information content (AvgIpc) is 3.16. The monoisotopic (exact) mass is 331 g/mol. The molecule has 24 heavy (non-hydrogen) atoms. The standard InChI is InChI=1S/C17H18FN3O3/c1-2-3-13-12-8-17(9-14(12)24-20-13)15(22)21(16(23)19-17)11-6-4-10(18)5-7-11/h4-7,12,14H,2-3,8-9H2,1H3,(H,19,23)/t12-,14-,17-/m0/s1. The van der Waals surface area contributed by atoms with Crippen molar-refractivity contribution in [3.05, 3.63) is 30.1 Å². The summed E-state index contributed by atoms with van der Waals surface area (Å²) < 4.78 is 13.1. The van der Waals surface area contributed by atoms with Gasteiger partial charge < -0.3 is 10.2 Å². The highest BCUT2D eigenvalue weighted by Gasteiger charge is 2.61. The van der Waals surface area contributed by atoms with Gasteiger partial charge in [-0.2, -0.15) is 0 Å². The first-order valence-corrected chi connectivity index (χ1v) is 8.19. The second kappa shape index (κ2) is 5.29. The molecule has 1 N–H and O–H groups in total. The van der Waals surface area contributed by atoms with Crippen LogP contribution >= 0.6 is 0 Å². The smallest absolute Gasteiger partial charge is 0.329 e. The Bertz CT molecular complexity index is 733. The Morgan fingerprint density at radius 1 is 1.33 bits per heavy atom. The van der Waals surface area contributed by atoms with Gasteiger partial charge in [-0.3, -0.25) is 4.79 Å². The largest absolute Gasteiger partial charge is 0.392 e. The Kier molecular flexibility index (Phi) is 3.33. The van der Waals surface area contributed by atoms with Crippen molar-refractivity contribution in [1.29, 1.82) is 0 Å². The van der Waals surface area contributed by atoms with Crippen molar-refractivity contribution in [3.63, 3.8) is 0 Å². The molecule has 1 aromatic carbocycles. The molecule has 0 unspecified atom stereocenters. The third-order valence-corrected chi connectivity index (χ3v) is 5.05. The van der Waals surface area contributed by atoms with E-state index in [4.69, 9.17) is 4.84 Å². The van der Waals surface area contributed by atoms with Crippen LogP contribution in [0.2, 0.25) is 0 Å². The summed E-state index contributed by atoms with van der Waals surface area (Å²) in [6.45, 7) is 2.07. The molecule has 2 heterocycles. The summed E-state index contributed by atoms with van der Waals surface area (Å²) in [5.74, 6) is -0.639. The number of nitrogens with one attached hydrogen (secondary N) is 1. The van der Waals surface area contributed by atoms with Crippen LogP contribution in [-0.4, -0.2) is 29.3 Å². The molecule has 1 saturated carbocycles. The van der Waals surface area contributed by atoms with E-state index in [-0.39, 0.29) is 17.9 Å². The summed E-state index contributed by atoms with van der Waals surface area (Å²) in [5, 5.41) is 6.98. The van der Waals surface area contributed by atoms with E-state index in [0.29, 0.717) is 18.5 Å². The van der Waals surface area contributed by atoms with Gasteiger partial charge in [-0.25, -0.2) is 14.1 Å². The van der Waals surface area contributed by atoms with Crippen molar-refractivity contribution in [2.75, 3.05) is 4.90 Å². The maximum absolute atomic E-state index is 13.1. The first kappa shape index (κ1) is 15.1. The van der Waals surface area contributed by atoms with Crippen LogP contribution in [0.1, 0.15) is 32.6 Å². The van der Waals surface area contributed by atoms with E-state index < -0.39 is 17.4 Å². The number of hydrogen-bond donors (Lipinski definition) is 1.